The first kappa shape index (κ1) is 11.2. The van der Waals surface area contributed by atoms with Gasteiger partial charge >= 0.3 is 0 Å². The van der Waals surface area contributed by atoms with Gasteiger partial charge in [-0.25, -0.2) is 4.68 Å². The molecule has 92 valence electrons. The molecule has 3 nitrogen and oxygen atoms in total. The Morgan fingerprint density at radius 3 is 2.67 bits per heavy atom. The van der Waals surface area contributed by atoms with E-state index in [1.165, 1.54) is 0 Å². The third-order valence-corrected chi connectivity index (χ3v) is 3.87. The van der Waals surface area contributed by atoms with Gasteiger partial charge in [-0.15, -0.1) is 0 Å². The molecule has 0 spiro atoms. The zero-order valence-electron chi connectivity index (χ0n) is 10.4. The molecule has 2 atom stereocenters. The first-order chi connectivity index (χ1) is 8.77. The first-order valence-electron chi connectivity index (χ1n) is 6.39. The molecule has 1 aliphatic carbocycles. The third-order valence-electron chi connectivity index (χ3n) is 3.87. The fourth-order valence-electron chi connectivity index (χ4n) is 2.78. The maximum Gasteiger partial charge on any atom is 0.136 e. The fourth-order valence-corrected chi connectivity index (χ4v) is 2.78. The normalized spacial score (nSPS) is 23.5. The SMILES string of the molecule is CC1C(=O)CCC1c1ccnn1-c1ccccc1. The fraction of sp³-hybridized carbons (Fsp3) is 0.333. The monoisotopic (exact) mass is 240 g/mol. The van der Waals surface area contributed by atoms with Crippen LogP contribution in [-0.4, -0.2) is 15.6 Å². The standard InChI is InChI=1S/C15H16N2O/c1-11-13(7-8-15(11)18)14-9-10-16-17(14)12-5-3-2-4-6-12/h2-6,9-11,13H,7-8H2,1H3. The number of hydrogen-bond donors (Lipinski definition) is 0. The van der Waals surface area contributed by atoms with Crippen LogP contribution in [-0.2, 0) is 4.79 Å². The summed E-state index contributed by atoms with van der Waals surface area (Å²) in [5.74, 6) is 0.796. The predicted octanol–water partition coefficient (Wildman–Crippen LogP) is 2.95. The van der Waals surface area contributed by atoms with E-state index >= 15 is 0 Å². The van der Waals surface area contributed by atoms with Crippen molar-refractivity contribution in [2.24, 2.45) is 5.92 Å². The number of nitrogens with zero attached hydrogens (tertiary/aromatic N) is 2. The average molecular weight is 240 g/mol. The molecule has 0 bridgehead atoms. The van der Waals surface area contributed by atoms with E-state index in [1.54, 1.807) is 0 Å². The van der Waals surface area contributed by atoms with Crippen LogP contribution in [0.15, 0.2) is 42.6 Å². The number of ketones is 1. The molecular formula is C15H16N2O. The van der Waals surface area contributed by atoms with Gasteiger partial charge in [-0.05, 0) is 24.6 Å². The highest BCUT2D eigenvalue weighted by Gasteiger charge is 2.34. The zero-order valence-corrected chi connectivity index (χ0v) is 10.4. The molecule has 2 unspecified atom stereocenters. The number of para-hydroxylation sites is 1. The average Bonchev–Trinajstić information content (AvgIpc) is 2.99. The van der Waals surface area contributed by atoms with Crippen LogP contribution >= 0.6 is 0 Å². The second-order valence-corrected chi connectivity index (χ2v) is 4.90. The topological polar surface area (TPSA) is 34.9 Å². The van der Waals surface area contributed by atoms with Gasteiger partial charge in [0.05, 0.1) is 5.69 Å². The Morgan fingerprint density at radius 2 is 2.00 bits per heavy atom. The van der Waals surface area contributed by atoms with E-state index in [0.29, 0.717) is 18.1 Å². The lowest BCUT2D eigenvalue weighted by Crippen LogP contribution is -2.13. The van der Waals surface area contributed by atoms with Gasteiger partial charge in [0.25, 0.3) is 0 Å². The molecular weight excluding hydrogens is 224 g/mol. The minimum absolute atomic E-state index is 0.115. The summed E-state index contributed by atoms with van der Waals surface area (Å²) < 4.78 is 1.96. The Kier molecular flexibility index (Phi) is 2.74. The van der Waals surface area contributed by atoms with Crippen molar-refractivity contribution in [1.82, 2.24) is 9.78 Å². The summed E-state index contributed by atoms with van der Waals surface area (Å²) in [5.41, 5.74) is 2.21. The highest BCUT2D eigenvalue weighted by molar-refractivity contribution is 5.84. The smallest absolute Gasteiger partial charge is 0.136 e. The van der Waals surface area contributed by atoms with Gasteiger partial charge in [-0.1, -0.05) is 25.1 Å². The molecule has 0 radical (unpaired) electrons. The summed E-state index contributed by atoms with van der Waals surface area (Å²) in [5, 5.41) is 4.40. The summed E-state index contributed by atoms with van der Waals surface area (Å²) in [6.45, 7) is 2.03. The molecule has 1 aliphatic rings. The second-order valence-electron chi connectivity index (χ2n) is 4.90. The van der Waals surface area contributed by atoms with Crippen LogP contribution in [0.5, 0.6) is 0 Å². The van der Waals surface area contributed by atoms with Crippen molar-refractivity contribution < 1.29 is 4.79 Å². The van der Waals surface area contributed by atoms with E-state index in [1.807, 2.05) is 54.2 Å². The Hall–Kier alpha value is -1.90. The molecule has 1 aromatic heterocycles. The molecule has 0 amide bonds. The van der Waals surface area contributed by atoms with E-state index in [2.05, 4.69) is 5.10 Å². The molecule has 0 N–H and O–H groups in total. The molecule has 3 heteroatoms. The number of carbonyl (C=O) groups excluding carboxylic acids is 1. The van der Waals surface area contributed by atoms with Gasteiger partial charge in [0.15, 0.2) is 0 Å². The van der Waals surface area contributed by atoms with E-state index < -0.39 is 0 Å². The molecule has 1 fully saturated rings. The van der Waals surface area contributed by atoms with Crippen LogP contribution in [0, 0.1) is 5.92 Å². The van der Waals surface area contributed by atoms with Gasteiger partial charge in [0.2, 0.25) is 0 Å². The van der Waals surface area contributed by atoms with Gasteiger partial charge < -0.3 is 0 Å². The molecule has 1 saturated carbocycles. The number of carbonyl (C=O) groups is 1. The van der Waals surface area contributed by atoms with Crippen molar-refractivity contribution in [2.45, 2.75) is 25.7 Å². The van der Waals surface area contributed by atoms with E-state index in [0.717, 1.165) is 17.8 Å². The van der Waals surface area contributed by atoms with Crippen LogP contribution < -0.4 is 0 Å². The van der Waals surface area contributed by atoms with Crippen molar-refractivity contribution in [3.05, 3.63) is 48.3 Å². The van der Waals surface area contributed by atoms with Gasteiger partial charge in [-0.2, -0.15) is 5.10 Å². The van der Waals surface area contributed by atoms with Crippen molar-refractivity contribution in [2.75, 3.05) is 0 Å². The highest BCUT2D eigenvalue weighted by Crippen LogP contribution is 2.37. The number of benzene rings is 1. The van der Waals surface area contributed by atoms with Crippen LogP contribution in [0.25, 0.3) is 5.69 Å². The van der Waals surface area contributed by atoms with E-state index in [-0.39, 0.29) is 5.92 Å². The number of Topliss-reactive ketones (excluding diaryl/α,β-unsaturated/α-hetero) is 1. The van der Waals surface area contributed by atoms with Crippen molar-refractivity contribution in [3.8, 4) is 5.69 Å². The molecule has 0 aliphatic heterocycles. The quantitative estimate of drug-likeness (QED) is 0.809. The summed E-state index contributed by atoms with van der Waals surface area (Å²) >= 11 is 0. The van der Waals surface area contributed by atoms with Gasteiger partial charge in [0, 0.05) is 30.1 Å². The van der Waals surface area contributed by atoms with E-state index in [4.69, 9.17) is 0 Å². The highest BCUT2D eigenvalue weighted by atomic mass is 16.1. The summed E-state index contributed by atoms with van der Waals surface area (Å²) in [7, 11) is 0. The Morgan fingerprint density at radius 1 is 1.22 bits per heavy atom. The number of hydrogen-bond acceptors (Lipinski definition) is 2. The number of aromatic nitrogens is 2. The lowest BCUT2D eigenvalue weighted by Gasteiger charge is -2.16. The van der Waals surface area contributed by atoms with Crippen LogP contribution in [0.2, 0.25) is 0 Å². The Bertz CT molecular complexity index is 559. The molecule has 0 saturated heterocycles. The lowest BCUT2D eigenvalue weighted by molar-refractivity contribution is -0.120. The molecule has 2 aromatic rings. The zero-order chi connectivity index (χ0) is 12.5. The van der Waals surface area contributed by atoms with Crippen LogP contribution in [0.3, 0.4) is 0 Å². The van der Waals surface area contributed by atoms with Crippen molar-refractivity contribution >= 4 is 5.78 Å². The largest absolute Gasteiger partial charge is 0.299 e. The number of rotatable bonds is 2. The Balaban J connectivity index is 2.00. The molecule has 3 rings (SSSR count). The second kappa shape index (κ2) is 4.41. The summed E-state index contributed by atoms with van der Waals surface area (Å²) in [4.78, 5) is 11.7. The van der Waals surface area contributed by atoms with Gasteiger partial charge in [-0.3, -0.25) is 4.79 Å². The molecule has 1 aromatic carbocycles. The lowest BCUT2D eigenvalue weighted by atomic mass is 9.94. The summed E-state index contributed by atoms with van der Waals surface area (Å²) in [6, 6.07) is 12.1. The maximum atomic E-state index is 11.7. The van der Waals surface area contributed by atoms with Crippen molar-refractivity contribution in [3.63, 3.8) is 0 Å². The minimum Gasteiger partial charge on any atom is -0.299 e. The third kappa shape index (κ3) is 1.76. The predicted molar refractivity (Wildman–Crippen MR) is 69.7 cm³/mol. The molecule has 18 heavy (non-hydrogen) atoms. The van der Waals surface area contributed by atoms with Gasteiger partial charge in [0.1, 0.15) is 5.78 Å². The molecule has 1 heterocycles. The van der Waals surface area contributed by atoms with E-state index in [9.17, 15) is 4.79 Å². The Labute approximate surface area is 106 Å². The maximum absolute atomic E-state index is 11.7. The first-order valence-corrected chi connectivity index (χ1v) is 6.39. The summed E-state index contributed by atoms with van der Waals surface area (Å²) in [6.07, 6.45) is 3.46. The van der Waals surface area contributed by atoms with Crippen LogP contribution in [0.4, 0.5) is 0 Å². The minimum atomic E-state index is 0.115. The van der Waals surface area contributed by atoms with Crippen LogP contribution in [0.1, 0.15) is 31.4 Å². The van der Waals surface area contributed by atoms with Crippen molar-refractivity contribution in [1.29, 1.82) is 0 Å².